The van der Waals surface area contributed by atoms with Crippen molar-refractivity contribution in [1.82, 2.24) is 24.6 Å². The van der Waals surface area contributed by atoms with Crippen LogP contribution in [0.2, 0.25) is 0 Å². The molecule has 1 saturated heterocycles. The smallest absolute Gasteiger partial charge is 0.183 e. The summed E-state index contributed by atoms with van der Waals surface area (Å²) in [5, 5.41) is 14.1. The van der Waals surface area contributed by atoms with E-state index in [1.807, 2.05) is 4.90 Å². The van der Waals surface area contributed by atoms with Gasteiger partial charge in [-0.3, -0.25) is 9.58 Å². The molecule has 5 rings (SSSR count). The molecule has 0 aliphatic carbocycles. The van der Waals surface area contributed by atoms with Crippen LogP contribution in [0.25, 0.3) is 22.4 Å². The molecule has 0 saturated carbocycles. The molecular formula is C24H23F3N6O. The summed E-state index contributed by atoms with van der Waals surface area (Å²) < 4.78 is 45.2. The Hall–Kier alpha value is -3.50. The number of piperazine rings is 1. The molecule has 1 aliphatic heterocycles. The minimum atomic E-state index is -0.555. The first-order valence-electron chi connectivity index (χ1n) is 11.0. The molecule has 34 heavy (non-hydrogen) atoms. The number of rotatable bonds is 6. The zero-order valence-corrected chi connectivity index (χ0v) is 18.3. The van der Waals surface area contributed by atoms with E-state index in [1.165, 1.54) is 16.8 Å². The number of fused-ring (bicyclic) bond motifs is 1. The van der Waals surface area contributed by atoms with Crippen LogP contribution in [0.1, 0.15) is 5.56 Å². The molecule has 1 aliphatic rings. The third-order valence-corrected chi connectivity index (χ3v) is 6.02. The maximum Gasteiger partial charge on any atom is 0.183 e. The van der Waals surface area contributed by atoms with E-state index in [-0.39, 0.29) is 30.3 Å². The van der Waals surface area contributed by atoms with Crippen molar-refractivity contribution in [3.63, 3.8) is 0 Å². The number of benzene rings is 2. The van der Waals surface area contributed by atoms with Crippen molar-refractivity contribution in [2.75, 3.05) is 44.2 Å². The third-order valence-electron chi connectivity index (χ3n) is 6.02. The highest BCUT2D eigenvalue weighted by Crippen LogP contribution is 2.30. The van der Waals surface area contributed by atoms with Gasteiger partial charge in [0.05, 0.1) is 19.3 Å². The standard InChI is InChI=1S/C24H23F3N6O/c25-18-6-2-1-4-16(18)15-33-22-17(5-3-7-19(22)26)21(30-33)23-28-14-20(27)24(29-23)32-10-8-31(9-11-32)12-13-34/h1-7,14,34H,8-13,15H2. The second-order valence-electron chi connectivity index (χ2n) is 8.15. The Bertz CT molecular complexity index is 1320. The van der Waals surface area contributed by atoms with Gasteiger partial charge in [-0.05, 0) is 12.1 Å². The summed E-state index contributed by atoms with van der Waals surface area (Å²) in [6.07, 6.45) is 1.10. The molecule has 0 unspecified atom stereocenters. The van der Waals surface area contributed by atoms with Gasteiger partial charge < -0.3 is 10.0 Å². The highest BCUT2D eigenvalue weighted by atomic mass is 19.1. The van der Waals surface area contributed by atoms with E-state index >= 15 is 0 Å². The van der Waals surface area contributed by atoms with Gasteiger partial charge >= 0.3 is 0 Å². The Morgan fingerprint density at radius 3 is 2.41 bits per heavy atom. The van der Waals surface area contributed by atoms with Gasteiger partial charge in [0.25, 0.3) is 0 Å². The van der Waals surface area contributed by atoms with E-state index in [1.54, 1.807) is 30.3 Å². The topological polar surface area (TPSA) is 70.3 Å². The van der Waals surface area contributed by atoms with Crippen molar-refractivity contribution in [3.8, 4) is 11.5 Å². The van der Waals surface area contributed by atoms with Crippen LogP contribution < -0.4 is 4.90 Å². The van der Waals surface area contributed by atoms with Crippen LogP contribution in [0.3, 0.4) is 0 Å². The molecule has 0 spiro atoms. The number of hydrogen-bond acceptors (Lipinski definition) is 6. The van der Waals surface area contributed by atoms with E-state index in [0.717, 1.165) is 6.20 Å². The van der Waals surface area contributed by atoms with E-state index in [4.69, 9.17) is 5.11 Å². The second kappa shape index (κ2) is 9.40. The van der Waals surface area contributed by atoms with Crippen molar-refractivity contribution < 1.29 is 18.3 Å². The van der Waals surface area contributed by atoms with Gasteiger partial charge in [0.2, 0.25) is 0 Å². The van der Waals surface area contributed by atoms with Gasteiger partial charge in [-0.25, -0.2) is 23.1 Å². The van der Waals surface area contributed by atoms with Gasteiger partial charge in [0.1, 0.15) is 22.8 Å². The van der Waals surface area contributed by atoms with Crippen molar-refractivity contribution >= 4 is 16.7 Å². The van der Waals surface area contributed by atoms with Gasteiger partial charge in [0.15, 0.2) is 17.5 Å². The lowest BCUT2D eigenvalue weighted by Crippen LogP contribution is -2.47. The van der Waals surface area contributed by atoms with Crippen LogP contribution >= 0.6 is 0 Å². The number of hydrogen-bond donors (Lipinski definition) is 1. The zero-order valence-electron chi connectivity index (χ0n) is 18.3. The Balaban J connectivity index is 1.53. The Labute approximate surface area is 194 Å². The highest BCUT2D eigenvalue weighted by molar-refractivity contribution is 5.92. The molecular weight excluding hydrogens is 445 g/mol. The number of aliphatic hydroxyl groups excluding tert-OH is 1. The second-order valence-corrected chi connectivity index (χ2v) is 8.15. The molecule has 7 nitrogen and oxygen atoms in total. The largest absolute Gasteiger partial charge is 0.395 e. The normalized spacial score (nSPS) is 14.8. The maximum absolute atomic E-state index is 14.8. The summed E-state index contributed by atoms with van der Waals surface area (Å²) in [4.78, 5) is 12.5. The Morgan fingerprint density at radius 2 is 1.65 bits per heavy atom. The molecule has 4 aromatic rings. The first-order chi connectivity index (χ1) is 16.5. The summed E-state index contributed by atoms with van der Waals surface area (Å²) >= 11 is 0. The number of β-amino-alcohol motifs (C(OH)–C–C–N with tert-alkyl or cyclic N) is 1. The lowest BCUT2D eigenvalue weighted by atomic mass is 10.2. The van der Waals surface area contributed by atoms with Crippen molar-refractivity contribution in [2.24, 2.45) is 0 Å². The van der Waals surface area contributed by atoms with Gasteiger partial charge in [-0.1, -0.05) is 30.3 Å². The van der Waals surface area contributed by atoms with Crippen LogP contribution in [-0.4, -0.2) is 69.1 Å². The van der Waals surface area contributed by atoms with E-state index in [9.17, 15) is 13.2 Å². The predicted molar refractivity (Wildman–Crippen MR) is 122 cm³/mol. The highest BCUT2D eigenvalue weighted by Gasteiger charge is 2.24. The summed E-state index contributed by atoms with van der Waals surface area (Å²) in [6, 6.07) is 10.8. The first kappa shape index (κ1) is 22.3. The number of anilines is 1. The van der Waals surface area contributed by atoms with Crippen molar-refractivity contribution in [3.05, 3.63) is 71.7 Å². The molecule has 0 bridgehead atoms. The number of aromatic nitrogens is 4. The molecule has 1 fully saturated rings. The lowest BCUT2D eigenvalue weighted by Gasteiger charge is -2.35. The Kier molecular flexibility index (Phi) is 6.16. The van der Waals surface area contributed by atoms with Crippen LogP contribution in [-0.2, 0) is 6.54 Å². The molecule has 0 radical (unpaired) electrons. The van der Waals surface area contributed by atoms with E-state index in [0.29, 0.717) is 49.4 Å². The molecule has 0 amide bonds. The van der Waals surface area contributed by atoms with Crippen LogP contribution in [0.4, 0.5) is 19.0 Å². The van der Waals surface area contributed by atoms with Crippen LogP contribution in [0, 0.1) is 17.5 Å². The van der Waals surface area contributed by atoms with Crippen molar-refractivity contribution in [1.29, 1.82) is 0 Å². The van der Waals surface area contributed by atoms with Gasteiger partial charge in [-0.15, -0.1) is 0 Å². The van der Waals surface area contributed by atoms with Crippen LogP contribution in [0.5, 0.6) is 0 Å². The molecule has 2 aromatic heterocycles. The first-order valence-corrected chi connectivity index (χ1v) is 11.0. The van der Waals surface area contributed by atoms with Crippen LogP contribution in [0.15, 0.2) is 48.7 Å². The average Bonchev–Trinajstić information content (AvgIpc) is 3.21. The molecule has 3 heterocycles. The summed E-state index contributed by atoms with van der Waals surface area (Å²) in [7, 11) is 0. The van der Waals surface area contributed by atoms with Gasteiger partial charge in [-0.2, -0.15) is 5.10 Å². The molecule has 1 N–H and O–H groups in total. The number of para-hydroxylation sites is 1. The lowest BCUT2D eigenvalue weighted by molar-refractivity contribution is 0.188. The third kappa shape index (κ3) is 4.22. The fraction of sp³-hybridized carbons (Fsp3) is 0.292. The fourth-order valence-electron chi connectivity index (χ4n) is 4.28. The quantitative estimate of drug-likeness (QED) is 0.469. The number of aliphatic hydroxyl groups is 1. The molecule has 0 atom stereocenters. The summed E-state index contributed by atoms with van der Waals surface area (Å²) in [5.41, 5.74) is 0.863. The number of halogens is 3. The summed E-state index contributed by atoms with van der Waals surface area (Å²) in [6.45, 7) is 3.10. The van der Waals surface area contributed by atoms with E-state index < -0.39 is 17.5 Å². The summed E-state index contributed by atoms with van der Waals surface area (Å²) in [5.74, 6) is -1.15. The molecule has 176 valence electrons. The minimum absolute atomic E-state index is 0.0188. The Morgan fingerprint density at radius 1 is 0.882 bits per heavy atom. The minimum Gasteiger partial charge on any atom is -0.395 e. The SMILES string of the molecule is OCCN1CCN(c2nc(-c3nn(Cc4ccccc4F)c4c(F)cccc34)ncc2F)CC1. The molecule has 10 heteroatoms. The number of nitrogens with zero attached hydrogens (tertiary/aromatic N) is 6. The maximum atomic E-state index is 14.8. The van der Waals surface area contributed by atoms with Gasteiger partial charge in [0, 0.05) is 43.7 Å². The fourth-order valence-corrected chi connectivity index (χ4v) is 4.28. The zero-order chi connectivity index (χ0) is 23.7. The monoisotopic (exact) mass is 468 g/mol. The van der Waals surface area contributed by atoms with E-state index in [2.05, 4.69) is 20.0 Å². The predicted octanol–water partition coefficient (Wildman–Crippen LogP) is 3.07. The average molecular weight is 468 g/mol. The molecule has 2 aromatic carbocycles. The van der Waals surface area contributed by atoms with Crippen molar-refractivity contribution in [2.45, 2.75) is 6.54 Å².